The summed E-state index contributed by atoms with van der Waals surface area (Å²) >= 11 is 0. The molecule has 2 fully saturated rings. The second kappa shape index (κ2) is 7.97. The zero-order chi connectivity index (χ0) is 20.4. The van der Waals surface area contributed by atoms with Crippen molar-refractivity contribution in [2.24, 2.45) is 0 Å². The van der Waals surface area contributed by atoms with E-state index < -0.39 is 49.1 Å². The van der Waals surface area contributed by atoms with E-state index in [1.165, 1.54) is 4.90 Å². The normalized spacial score (nSPS) is 21.7. The number of carbonyl (C=O) groups is 4. The fourth-order valence-corrected chi connectivity index (χ4v) is 3.55. The topological polar surface area (TPSA) is 116 Å². The van der Waals surface area contributed by atoms with Gasteiger partial charge in [-0.25, -0.2) is 14.5 Å². The summed E-state index contributed by atoms with van der Waals surface area (Å²) in [5, 5.41) is 11.4. The van der Waals surface area contributed by atoms with Crippen molar-refractivity contribution in [3.05, 3.63) is 29.8 Å². The Kier molecular flexibility index (Phi) is 5.64. The van der Waals surface area contributed by atoms with Crippen LogP contribution in [0.25, 0.3) is 0 Å². The van der Waals surface area contributed by atoms with E-state index in [0.29, 0.717) is 18.0 Å². The molecular weight excluding hydrogens is 366 g/mol. The van der Waals surface area contributed by atoms with Gasteiger partial charge >= 0.3 is 12.0 Å². The van der Waals surface area contributed by atoms with Crippen molar-refractivity contribution in [1.29, 1.82) is 0 Å². The first-order valence-electron chi connectivity index (χ1n) is 9.13. The number of benzene rings is 1. The molecule has 3 rings (SSSR count). The zero-order valence-corrected chi connectivity index (χ0v) is 15.8. The van der Waals surface area contributed by atoms with Gasteiger partial charge in [-0.3, -0.25) is 9.59 Å². The first-order chi connectivity index (χ1) is 13.3. The van der Waals surface area contributed by atoms with Crippen molar-refractivity contribution in [3.8, 4) is 0 Å². The number of amides is 4. The zero-order valence-electron chi connectivity index (χ0n) is 15.8. The molecule has 2 saturated heterocycles. The second-order valence-electron chi connectivity index (χ2n) is 7.18. The summed E-state index contributed by atoms with van der Waals surface area (Å²) in [6.07, 6.45) is 0.451. The smallest absolute Gasteiger partial charge is 0.329 e. The predicted octanol–water partition coefficient (Wildman–Crippen LogP) is 0.937. The molecule has 0 aliphatic carbocycles. The standard InChI is InChI=1S/C19H23N3O6/c1-11(2)12-3-5-13(6-4-12)22-18(26)17-14(20-19(22)27)7-8-21(17)15(23)9-28-10-16(24)25/h3-6,11,14,17H,7-10H2,1-2H3,(H,20,27)(H,24,25)/t14-,17+/m1/s1. The number of urea groups is 1. The molecule has 0 radical (unpaired) electrons. The van der Waals surface area contributed by atoms with E-state index in [4.69, 9.17) is 9.84 Å². The molecule has 0 bridgehead atoms. The highest BCUT2D eigenvalue weighted by Crippen LogP contribution is 2.28. The number of hydrogen-bond donors (Lipinski definition) is 2. The van der Waals surface area contributed by atoms with Crippen LogP contribution in [0.5, 0.6) is 0 Å². The number of carboxylic acid groups (broad SMARTS) is 1. The molecule has 28 heavy (non-hydrogen) atoms. The molecule has 0 spiro atoms. The minimum Gasteiger partial charge on any atom is -0.480 e. The van der Waals surface area contributed by atoms with E-state index in [1.807, 2.05) is 26.0 Å². The quantitative estimate of drug-likeness (QED) is 0.748. The number of nitrogens with zero attached hydrogens (tertiary/aromatic N) is 2. The van der Waals surface area contributed by atoms with Gasteiger partial charge in [0.25, 0.3) is 5.91 Å². The lowest BCUT2D eigenvalue weighted by Crippen LogP contribution is -2.65. The Morgan fingerprint density at radius 2 is 1.89 bits per heavy atom. The van der Waals surface area contributed by atoms with Gasteiger partial charge in [-0.2, -0.15) is 0 Å². The van der Waals surface area contributed by atoms with Crippen LogP contribution in [0.2, 0.25) is 0 Å². The van der Waals surface area contributed by atoms with E-state index in [0.717, 1.165) is 10.5 Å². The van der Waals surface area contributed by atoms with Gasteiger partial charge in [-0.05, 0) is 30.0 Å². The third-order valence-corrected chi connectivity index (χ3v) is 4.97. The largest absolute Gasteiger partial charge is 0.480 e. The average Bonchev–Trinajstić information content (AvgIpc) is 3.05. The molecule has 0 unspecified atom stereocenters. The Balaban J connectivity index is 1.77. The van der Waals surface area contributed by atoms with Crippen molar-refractivity contribution in [2.75, 3.05) is 24.7 Å². The van der Waals surface area contributed by atoms with Gasteiger partial charge in [-0.1, -0.05) is 26.0 Å². The predicted molar refractivity (Wildman–Crippen MR) is 98.9 cm³/mol. The number of anilines is 1. The fourth-order valence-electron chi connectivity index (χ4n) is 3.55. The first-order valence-corrected chi connectivity index (χ1v) is 9.13. The van der Waals surface area contributed by atoms with Crippen LogP contribution in [0.15, 0.2) is 24.3 Å². The summed E-state index contributed by atoms with van der Waals surface area (Å²) < 4.78 is 4.85. The van der Waals surface area contributed by atoms with Gasteiger partial charge in [0, 0.05) is 6.54 Å². The molecule has 9 heteroatoms. The fraction of sp³-hybridized carbons (Fsp3) is 0.474. The monoisotopic (exact) mass is 389 g/mol. The Morgan fingerprint density at radius 1 is 1.21 bits per heavy atom. The number of rotatable bonds is 6. The highest BCUT2D eigenvalue weighted by molar-refractivity contribution is 6.19. The summed E-state index contributed by atoms with van der Waals surface area (Å²) in [5.41, 5.74) is 1.52. The number of carboxylic acids is 1. The van der Waals surface area contributed by atoms with Crippen molar-refractivity contribution < 1.29 is 29.0 Å². The van der Waals surface area contributed by atoms with Gasteiger partial charge in [0.2, 0.25) is 5.91 Å². The summed E-state index contributed by atoms with van der Waals surface area (Å²) in [6, 6.07) is 5.35. The number of aliphatic carboxylic acids is 1. The van der Waals surface area contributed by atoms with Crippen LogP contribution >= 0.6 is 0 Å². The van der Waals surface area contributed by atoms with Crippen molar-refractivity contribution in [2.45, 2.75) is 38.3 Å². The molecule has 9 nitrogen and oxygen atoms in total. The molecule has 1 aromatic rings. The van der Waals surface area contributed by atoms with Gasteiger partial charge < -0.3 is 20.1 Å². The van der Waals surface area contributed by atoms with E-state index in [-0.39, 0.29) is 6.54 Å². The number of fused-ring (bicyclic) bond motifs is 1. The molecule has 2 aliphatic heterocycles. The molecule has 2 heterocycles. The Bertz CT molecular complexity index is 791. The molecule has 4 amide bonds. The lowest BCUT2D eigenvalue weighted by atomic mass is 10.0. The van der Waals surface area contributed by atoms with Crippen LogP contribution in [0.1, 0.15) is 31.7 Å². The van der Waals surface area contributed by atoms with E-state index in [9.17, 15) is 19.2 Å². The van der Waals surface area contributed by atoms with Gasteiger partial charge in [0.15, 0.2) is 0 Å². The maximum Gasteiger partial charge on any atom is 0.329 e. The molecule has 150 valence electrons. The first kappa shape index (κ1) is 19.8. The van der Waals surface area contributed by atoms with Crippen LogP contribution in [0.4, 0.5) is 10.5 Å². The minimum absolute atomic E-state index is 0.288. The highest BCUT2D eigenvalue weighted by Gasteiger charge is 2.49. The molecule has 2 N–H and O–H groups in total. The minimum atomic E-state index is -1.18. The molecular formula is C19H23N3O6. The van der Waals surface area contributed by atoms with Crippen molar-refractivity contribution >= 4 is 29.5 Å². The molecule has 0 saturated carbocycles. The number of hydrogen-bond acceptors (Lipinski definition) is 5. The number of ether oxygens (including phenoxy) is 1. The summed E-state index contributed by atoms with van der Waals surface area (Å²) in [5.74, 6) is -1.81. The number of likely N-dealkylation sites (tertiary alicyclic amines) is 1. The van der Waals surface area contributed by atoms with Crippen LogP contribution < -0.4 is 10.2 Å². The van der Waals surface area contributed by atoms with Crippen LogP contribution in [-0.2, 0) is 19.1 Å². The highest BCUT2D eigenvalue weighted by atomic mass is 16.5. The van der Waals surface area contributed by atoms with Crippen LogP contribution in [-0.4, -0.2) is 65.7 Å². The van der Waals surface area contributed by atoms with Crippen molar-refractivity contribution in [3.63, 3.8) is 0 Å². The van der Waals surface area contributed by atoms with Crippen LogP contribution in [0.3, 0.4) is 0 Å². The molecule has 2 atom stereocenters. The van der Waals surface area contributed by atoms with Gasteiger partial charge in [-0.15, -0.1) is 0 Å². The molecule has 0 aromatic heterocycles. The Hall–Kier alpha value is -2.94. The van der Waals surface area contributed by atoms with E-state index >= 15 is 0 Å². The van der Waals surface area contributed by atoms with Gasteiger partial charge in [0.1, 0.15) is 19.3 Å². The van der Waals surface area contributed by atoms with Crippen LogP contribution in [0, 0.1) is 0 Å². The summed E-state index contributed by atoms with van der Waals surface area (Å²) in [7, 11) is 0. The van der Waals surface area contributed by atoms with Gasteiger partial charge in [0.05, 0.1) is 11.7 Å². The Labute approximate surface area is 162 Å². The average molecular weight is 389 g/mol. The maximum atomic E-state index is 13.1. The van der Waals surface area contributed by atoms with E-state index in [1.54, 1.807) is 12.1 Å². The third kappa shape index (κ3) is 3.84. The lowest BCUT2D eigenvalue weighted by Gasteiger charge is -2.36. The molecule has 2 aliphatic rings. The number of nitrogens with one attached hydrogen (secondary N) is 1. The second-order valence-corrected chi connectivity index (χ2v) is 7.18. The SMILES string of the molecule is CC(C)c1ccc(N2C(=O)N[C@@H]3CCN(C(=O)COCC(=O)O)[C@@H]3C2=O)cc1. The number of imide groups is 1. The summed E-state index contributed by atoms with van der Waals surface area (Å²) in [6.45, 7) is 3.36. The lowest BCUT2D eigenvalue weighted by molar-refractivity contribution is -0.147. The molecule has 1 aromatic carbocycles. The van der Waals surface area contributed by atoms with E-state index in [2.05, 4.69) is 5.32 Å². The third-order valence-electron chi connectivity index (χ3n) is 4.97. The Morgan fingerprint density at radius 3 is 2.50 bits per heavy atom. The van der Waals surface area contributed by atoms with Crippen molar-refractivity contribution in [1.82, 2.24) is 10.2 Å². The maximum absolute atomic E-state index is 13.1. The summed E-state index contributed by atoms with van der Waals surface area (Å²) in [4.78, 5) is 50.9. The number of carbonyl (C=O) groups excluding carboxylic acids is 3.